The number of benzene rings is 2. The number of methoxy groups -OCH3 is 1. The van der Waals surface area contributed by atoms with E-state index in [1.807, 2.05) is 30.3 Å². The Bertz CT molecular complexity index is 824. The Morgan fingerprint density at radius 3 is 2.86 bits per heavy atom. The van der Waals surface area contributed by atoms with E-state index in [0.717, 1.165) is 34.3 Å². The quantitative estimate of drug-likeness (QED) is 0.512. The van der Waals surface area contributed by atoms with Crippen LogP contribution in [0.2, 0.25) is 0 Å². The Morgan fingerprint density at radius 2 is 2.09 bits per heavy atom. The van der Waals surface area contributed by atoms with E-state index in [0.29, 0.717) is 5.56 Å². The molecule has 112 valence electrons. The van der Waals surface area contributed by atoms with Gasteiger partial charge in [-0.25, -0.2) is 5.48 Å². The van der Waals surface area contributed by atoms with Crippen LogP contribution >= 0.6 is 0 Å². The van der Waals surface area contributed by atoms with Gasteiger partial charge < -0.3 is 9.72 Å². The van der Waals surface area contributed by atoms with Crippen LogP contribution in [0.4, 0.5) is 0 Å². The maximum Gasteiger partial charge on any atom is 0.274 e. The Morgan fingerprint density at radius 1 is 1.23 bits per heavy atom. The van der Waals surface area contributed by atoms with Crippen molar-refractivity contribution < 1.29 is 14.7 Å². The van der Waals surface area contributed by atoms with Crippen molar-refractivity contribution in [1.82, 2.24) is 10.5 Å². The number of fused-ring (bicyclic) bond motifs is 1. The van der Waals surface area contributed by atoms with Crippen LogP contribution in [0.3, 0.4) is 0 Å². The monoisotopic (exact) mass is 296 g/mol. The molecule has 5 nitrogen and oxygen atoms in total. The van der Waals surface area contributed by atoms with Crippen molar-refractivity contribution in [3.8, 4) is 5.75 Å². The van der Waals surface area contributed by atoms with Crippen LogP contribution in [0.5, 0.6) is 5.75 Å². The lowest BCUT2D eigenvalue weighted by Crippen LogP contribution is -2.18. The number of carbonyl (C=O) groups excluding carboxylic acids is 1. The first-order valence-corrected chi connectivity index (χ1v) is 6.88. The third-order valence-electron chi connectivity index (χ3n) is 3.57. The fourth-order valence-electron chi connectivity index (χ4n) is 2.49. The van der Waals surface area contributed by atoms with Gasteiger partial charge in [0.15, 0.2) is 0 Å². The summed E-state index contributed by atoms with van der Waals surface area (Å²) in [5.74, 6) is 0.307. The standard InChI is InChI=1S/C17H16N2O3/c1-22-15-4-2-3-11(8-15)7-14-9-12-5-6-13(17(20)19-21)10-16(12)18-14/h2-6,8-10,18,21H,7H2,1H3,(H,19,20). The lowest BCUT2D eigenvalue weighted by molar-refractivity contribution is 0.0706. The molecule has 3 aromatic rings. The molecule has 0 unspecified atom stereocenters. The highest BCUT2D eigenvalue weighted by molar-refractivity contribution is 5.97. The lowest BCUT2D eigenvalue weighted by atomic mass is 10.1. The molecule has 1 heterocycles. The highest BCUT2D eigenvalue weighted by atomic mass is 16.5. The summed E-state index contributed by atoms with van der Waals surface area (Å²) in [6, 6.07) is 15.2. The number of ether oxygens (including phenoxy) is 1. The summed E-state index contributed by atoms with van der Waals surface area (Å²) in [7, 11) is 1.65. The van der Waals surface area contributed by atoms with Crippen LogP contribution in [0.25, 0.3) is 10.9 Å². The van der Waals surface area contributed by atoms with E-state index in [-0.39, 0.29) is 0 Å². The molecule has 0 saturated carbocycles. The van der Waals surface area contributed by atoms with Crippen molar-refractivity contribution in [2.45, 2.75) is 6.42 Å². The van der Waals surface area contributed by atoms with Gasteiger partial charge in [0.1, 0.15) is 5.75 Å². The molecule has 5 heteroatoms. The first-order valence-electron chi connectivity index (χ1n) is 6.88. The maximum absolute atomic E-state index is 11.4. The molecule has 2 aromatic carbocycles. The molecule has 0 spiro atoms. The average Bonchev–Trinajstić information content (AvgIpc) is 2.95. The molecule has 1 amide bonds. The highest BCUT2D eigenvalue weighted by Crippen LogP contribution is 2.21. The zero-order valence-electron chi connectivity index (χ0n) is 12.1. The summed E-state index contributed by atoms with van der Waals surface area (Å²) in [5, 5.41) is 9.71. The number of hydrogen-bond donors (Lipinski definition) is 3. The molecule has 22 heavy (non-hydrogen) atoms. The van der Waals surface area contributed by atoms with Crippen LogP contribution in [0, 0.1) is 0 Å². The van der Waals surface area contributed by atoms with Crippen molar-refractivity contribution in [1.29, 1.82) is 0 Å². The Kier molecular flexibility index (Phi) is 3.80. The van der Waals surface area contributed by atoms with Crippen LogP contribution in [-0.4, -0.2) is 23.2 Å². The topological polar surface area (TPSA) is 74.3 Å². The van der Waals surface area contributed by atoms with E-state index >= 15 is 0 Å². The molecule has 0 aliphatic carbocycles. The van der Waals surface area contributed by atoms with E-state index in [1.165, 1.54) is 0 Å². The van der Waals surface area contributed by atoms with Crippen LogP contribution < -0.4 is 10.2 Å². The lowest BCUT2D eigenvalue weighted by Gasteiger charge is -2.03. The molecule has 0 fully saturated rings. The smallest absolute Gasteiger partial charge is 0.274 e. The predicted octanol–water partition coefficient (Wildman–Crippen LogP) is 2.89. The fourth-order valence-corrected chi connectivity index (χ4v) is 2.49. The average molecular weight is 296 g/mol. The summed E-state index contributed by atoms with van der Waals surface area (Å²) in [6.07, 6.45) is 0.743. The highest BCUT2D eigenvalue weighted by Gasteiger charge is 2.08. The zero-order chi connectivity index (χ0) is 15.5. The Hall–Kier alpha value is -2.79. The Labute approximate surface area is 127 Å². The molecule has 0 atom stereocenters. The third-order valence-corrected chi connectivity index (χ3v) is 3.57. The number of hydroxylamine groups is 1. The number of hydrogen-bond acceptors (Lipinski definition) is 3. The molecular weight excluding hydrogens is 280 g/mol. The SMILES string of the molecule is COc1cccc(Cc2cc3ccc(C(=O)NO)cc3[nH]2)c1. The van der Waals surface area contributed by atoms with Gasteiger partial charge in [0, 0.05) is 23.2 Å². The van der Waals surface area contributed by atoms with Gasteiger partial charge in [-0.2, -0.15) is 0 Å². The second-order valence-corrected chi connectivity index (χ2v) is 5.07. The van der Waals surface area contributed by atoms with Crippen LogP contribution in [0.15, 0.2) is 48.5 Å². The van der Waals surface area contributed by atoms with Crippen molar-refractivity contribution >= 4 is 16.8 Å². The summed E-state index contributed by atoms with van der Waals surface area (Å²) in [4.78, 5) is 14.7. The van der Waals surface area contributed by atoms with E-state index < -0.39 is 5.91 Å². The predicted molar refractivity (Wildman–Crippen MR) is 83.4 cm³/mol. The third kappa shape index (κ3) is 2.80. The summed E-state index contributed by atoms with van der Waals surface area (Å²) >= 11 is 0. The molecule has 1 aromatic heterocycles. The molecule has 0 saturated heterocycles. The number of rotatable bonds is 4. The number of nitrogens with one attached hydrogen (secondary N) is 2. The Balaban J connectivity index is 1.89. The number of H-pyrrole nitrogens is 1. The molecule has 0 aliphatic heterocycles. The molecule has 0 bridgehead atoms. The number of aromatic nitrogens is 1. The maximum atomic E-state index is 11.4. The van der Waals surface area contributed by atoms with E-state index in [9.17, 15) is 4.79 Å². The van der Waals surface area contributed by atoms with Crippen molar-refractivity contribution in [3.63, 3.8) is 0 Å². The molecular formula is C17H16N2O3. The second kappa shape index (κ2) is 5.91. The van der Waals surface area contributed by atoms with E-state index in [1.54, 1.807) is 24.7 Å². The van der Waals surface area contributed by atoms with Gasteiger partial charge in [-0.15, -0.1) is 0 Å². The van der Waals surface area contributed by atoms with Gasteiger partial charge in [0.2, 0.25) is 0 Å². The first-order chi connectivity index (χ1) is 10.7. The number of carbonyl (C=O) groups is 1. The van der Waals surface area contributed by atoms with E-state index in [4.69, 9.17) is 9.94 Å². The van der Waals surface area contributed by atoms with Crippen molar-refractivity contribution in [3.05, 3.63) is 65.4 Å². The minimum Gasteiger partial charge on any atom is -0.497 e. The minimum absolute atomic E-state index is 0.407. The van der Waals surface area contributed by atoms with Gasteiger partial charge in [0.25, 0.3) is 5.91 Å². The fraction of sp³-hybridized carbons (Fsp3) is 0.118. The van der Waals surface area contributed by atoms with Crippen LogP contribution in [0.1, 0.15) is 21.6 Å². The van der Waals surface area contributed by atoms with Gasteiger partial charge in [-0.1, -0.05) is 18.2 Å². The molecule has 3 rings (SSSR count). The first kappa shape index (κ1) is 14.2. The molecule has 3 N–H and O–H groups in total. The molecule has 0 radical (unpaired) electrons. The largest absolute Gasteiger partial charge is 0.497 e. The number of amides is 1. The second-order valence-electron chi connectivity index (χ2n) is 5.07. The summed E-state index contributed by atoms with van der Waals surface area (Å²) in [6.45, 7) is 0. The molecule has 0 aliphatic rings. The van der Waals surface area contributed by atoms with Crippen molar-refractivity contribution in [2.24, 2.45) is 0 Å². The van der Waals surface area contributed by atoms with Gasteiger partial charge in [-0.3, -0.25) is 10.0 Å². The normalized spacial score (nSPS) is 10.6. The van der Waals surface area contributed by atoms with Gasteiger partial charge in [-0.05, 0) is 41.3 Å². The van der Waals surface area contributed by atoms with Gasteiger partial charge >= 0.3 is 0 Å². The van der Waals surface area contributed by atoms with E-state index in [2.05, 4.69) is 11.1 Å². The van der Waals surface area contributed by atoms with Crippen molar-refractivity contribution in [2.75, 3.05) is 7.11 Å². The summed E-state index contributed by atoms with van der Waals surface area (Å²) < 4.78 is 5.23. The summed E-state index contributed by atoms with van der Waals surface area (Å²) in [5.41, 5.74) is 5.09. The van der Waals surface area contributed by atoms with Crippen LogP contribution in [-0.2, 0) is 6.42 Å². The minimum atomic E-state index is -0.522. The number of aromatic amines is 1. The zero-order valence-corrected chi connectivity index (χ0v) is 12.1. The van der Waals surface area contributed by atoms with Gasteiger partial charge in [0.05, 0.1) is 7.11 Å².